The molecular weight excluding hydrogens is 418 g/mol. The van der Waals surface area contributed by atoms with Crippen molar-refractivity contribution in [3.8, 4) is 5.88 Å². The number of hydrogen-bond donors (Lipinski definition) is 0. The third-order valence-corrected chi connectivity index (χ3v) is 6.16. The van der Waals surface area contributed by atoms with Crippen molar-refractivity contribution in [3.05, 3.63) is 34.8 Å². The molecule has 2 aromatic rings. The maximum absolute atomic E-state index is 12.7. The minimum atomic E-state index is -3.47. The second-order valence-electron chi connectivity index (χ2n) is 7.05. The van der Waals surface area contributed by atoms with Gasteiger partial charge in [0.15, 0.2) is 9.84 Å². The van der Waals surface area contributed by atoms with Gasteiger partial charge in [-0.15, -0.1) is 0 Å². The Morgan fingerprint density at radius 2 is 2.21 bits per heavy atom. The van der Waals surface area contributed by atoms with Crippen molar-refractivity contribution in [3.63, 3.8) is 0 Å². The highest BCUT2D eigenvalue weighted by atomic mass is 35.5. The Bertz CT molecular complexity index is 976. The predicted octanol–water partition coefficient (Wildman–Crippen LogP) is 2.86. The Balaban J connectivity index is 1.67. The summed E-state index contributed by atoms with van der Waals surface area (Å²) in [4.78, 5) is 18.9. The number of likely N-dealkylation sites (tertiary alicyclic amines) is 1. The summed E-state index contributed by atoms with van der Waals surface area (Å²) in [5.74, 6) is 0.840. The van der Waals surface area contributed by atoms with Crippen molar-refractivity contribution in [1.82, 2.24) is 15.0 Å². The van der Waals surface area contributed by atoms with E-state index in [0.717, 1.165) is 19.1 Å². The lowest BCUT2D eigenvalue weighted by atomic mass is 9.94. The first-order valence-corrected chi connectivity index (χ1v) is 11.8. The number of ether oxygens (including phenoxy) is 1. The molecule has 0 N–H and O–H groups in total. The van der Waals surface area contributed by atoms with Crippen molar-refractivity contribution in [2.24, 2.45) is 0 Å². The van der Waals surface area contributed by atoms with E-state index in [9.17, 15) is 13.2 Å². The summed E-state index contributed by atoms with van der Waals surface area (Å²) in [5.41, 5.74) is 0.478. The molecule has 10 heteroatoms. The highest BCUT2D eigenvalue weighted by Crippen LogP contribution is 2.31. The molecule has 29 heavy (non-hydrogen) atoms. The molecule has 0 bridgehead atoms. The quantitative estimate of drug-likeness (QED) is 0.650. The van der Waals surface area contributed by atoms with E-state index in [1.54, 1.807) is 11.0 Å². The van der Waals surface area contributed by atoms with Crippen molar-refractivity contribution in [2.75, 3.05) is 26.0 Å². The molecule has 1 aliphatic heterocycles. The number of halogens is 1. The summed E-state index contributed by atoms with van der Waals surface area (Å²) in [6.45, 7) is 3.41. The Hall–Kier alpha value is -2.13. The smallest absolute Gasteiger partial charge is 0.254 e. The Kier molecular flexibility index (Phi) is 6.79. The van der Waals surface area contributed by atoms with Gasteiger partial charge in [-0.3, -0.25) is 9.78 Å². The lowest BCUT2D eigenvalue weighted by Crippen LogP contribution is -2.39. The van der Waals surface area contributed by atoms with Crippen LogP contribution < -0.4 is 4.74 Å². The maximum Gasteiger partial charge on any atom is 0.254 e. The standard InChI is InChI=1S/C19H24ClN3O5S/c1-3-27-17-10-15(28-22-17)6-7-18(24)23-8-4-5-13(12-23)19-16(29(2,25)26)9-14(20)11-21-19/h9-11,13H,3-8,12H2,1-2H3. The Labute approximate surface area is 175 Å². The number of amides is 1. The van der Waals surface area contributed by atoms with E-state index >= 15 is 0 Å². The number of piperidine rings is 1. The number of sulfone groups is 1. The fourth-order valence-corrected chi connectivity index (χ4v) is 4.64. The number of nitrogens with zero attached hydrogens (tertiary/aromatic N) is 3. The van der Waals surface area contributed by atoms with Gasteiger partial charge in [-0.2, -0.15) is 0 Å². The van der Waals surface area contributed by atoms with Gasteiger partial charge in [0.1, 0.15) is 5.76 Å². The maximum atomic E-state index is 12.7. The molecule has 0 aromatic carbocycles. The Morgan fingerprint density at radius 3 is 2.93 bits per heavy atom. The number of aromatic nitrogens is 2. The van der Waals surface area contributed by atoms with Crippen LogP contribution in [0.15, 0.2) is 27.7 Å². The van der Waals surface area contributed by atoms with Gasteiger partial charge >= 0.3 is 0 Å². The van der Waals surface area contributed by atoms with Crippen molar-refractivity contribution >= 4 is 27.3 Å². The third-order valence-electron chi connectivity index (χ3n) is 4.82. The summed E-state index contributed by atoms with van der Waals surface area (Å²) in [5, 5.41) is 4.06. The number of pyridine rings is 1. The molecule has 2 aromatic heterocycles. The van der Waals surface area contributed by atoms with E-state index in [2.05, 4.69) is 10.1 Å². The zero-order valence-corrected chi connectivity index (χ0v) is 18.0. The molecule has 3 rings (SSSR count). The summed E-state index contributed by atoms with van der Waals surface area (Å²) in [7, 11) is -3.47. The lowest BCUT2D eigenvalue weighted by molar-refractivity contribution is -0.132. The van der Waals surface area contributed by atoms with Crippen molar-refractivity contribution in [1.29, 1.82) is 0 Å². The van der Waals surface area contributed by atoms with Gasteiger partial charge in [-0.1, -0.05) is 11.6 Å². The van der Waals surface area contributed by atoms with E-state index in [1.807, 2.05) is 6.92 Å². The second kappa shape index (κ2) is 9.13. The van der Waals surface area contributed by atoms with Crippen LogP contribution in [-0.2, 0) is 21.1 Å². The van der Waals surface area contributed by atoms with Crippen LogP contribution in [0.1, 0.15) is 43.6 Å². The van der Waals surface area contributed by atoms with Crippen LogP contribution in [-0.4, -0.2) is 55.3 Å². The number of hydrogen-bond acceptors (Lipinski definition) is 7. The van der Waals surface area contributed by atoms with Crippen LogP contribution in [0, 0.1) is 0 Å². The van der Waals surface area contributed by atoms with E-state index in [-0.39, 0.29) is 28.2 Å². The molecule has 0 radical (unpaired) electrons. The van der Waals surface area contributed by atoms with Crippen molar-refractivity contribution in [2.45, 2.75) is 43.4 Å². The fraction of sp³-hybridized carbons (Fsp3) is 0.526. The summed E-state index contributed by atoms with van der Waals surface area (Å²) in [6, 6.07) is 3.12. The van der Waals surface area contributed by atoms with Crippen LogP contribution in [0.2, 0.25) is 5.02 Å². The average molecular weight is 442 g/mol. The monoisotopic (exact) mass is 441 g/mol. The predicted molar refractivity (Wildman–Crippen MR) is 107 cm³/mol. The molecule has 158 valence electrons. The number of rotatable bonds is 7. The number of carbonyl (C=O) groups is 1. The van der Waals surface area contributed by atoms with E-state index in [1.165, 1.54) is 12.3 Å². The van der Waals surface area contributed by atoms with Gasteiger partial charge in [0, 0.05) is 50.4 Å². The van der Waals surface area contributed by atoms with Crippen molar-refractivity contribution < 1.29 is 22.5 Å². The minimum absolute atomic E-state index is 0.0149. The molecule has 1 atom stereocenters. The molecule has 8 nitrogen and oxygen atoms in total. The lowest BCUT2D eigenvalue weighted by Gasteiger charge is -2.33. The zero-order chi connectivity index (χ0) is 21.0. The van der Waals surface area contributed by atoms with Crippen LogP contribution >= 0.6 is 11.6 Å². The first-order chi connectivity index (χ1) is 13.8. The van der Waals surface area contributed by atoms with Gasteiger partial charge < -0.3 is 14.2 Å². The molecule has 3 heterocycles. The number of aryl methyl sites for hydroxylation is 1. The average Bonchev–Trinajstić information content (AvgIpc) is 3.13. The van der Waals surface area contributed by atoms with Gasteiger partial charge in [0.05, 0.1) is 22.2 Å². The van der Waals surface area contributed by atoms with Crippen LogP contribution in [0.25, 0.3) is 0 Å². The molecule has 1 amide bonds. The molecule has 1 fully saturated rings. The molecule has 0 spiro atoms. The molecule has 1 aliphatic rings. The van der Waals surface area contributed by atoms with Crippen LogP contribution in [0.5, 0.6) is 5.88 Å². The summed E-state index contributed by atoms with van der Waals surface area (Å²) >= 11 is 5.95. The van der Waals surface area contributed by atoms with E-state index in [0.29, 0.717) is 43.5 Å². The van der Waals surface area contributed by atoms with Crippen LogP contribution in [0.3, 0.4) is 0 Å². The number of carbonyl (C=O) groups excluding carboxylic acids is 1. The first kappa shape index (κ1) is 21.6. The zero-order valence-electron chi connectivity index (χ0n) is 16.4. The van der Waals surface area contributed by atoms with Crippen LogP contribution in [0.4, 0.5) is 0 Å². The molecule has 0 saturated carbocycles. The minimum Gasteiger partial charge on any atom is -0.476 e. The third kappa shape index (κ3) is 5.48. The molecular formula is C19H24ClN3O5S. The van der Waals surface area contributed by atoms with E-state index in [4.69, 9.17) is 20.9 Å². The topological polar surface area (TPSA) is 103 Å². The van der Waals surface area contributed by atoms with Gasteiger partial charge in [-0.05, 0) is 31.0 Å². The summed E-state index contributed by atoms with van der Waals surface area (Å²) < 4.78 is 34.8. The van der Waals surface area contributed by atoms with Gasteiger partial charge in [0.2, 0.25) is 5.91 Å². The largest absolute Gasteiger partial charge is 0.476 e. The molecule has 1 unspecified atom stereocenters. The second-order valence-corrected chi connectivity index (χ2v) is 9.47. The Morgan fingerprint density at radius 1 is 1.41 bits per heavy atom. The SMILES string of the molecule is CCOc1cc(CCC(=O)N2CCCC(c3ncc(Cl)cc3S(C)(=O)=O)C2)on1. The molecule has 0 aliphatic carbocycles. The van der Waals surface area contributed by atoms with Gasteiger partial charge in [-0.25, -0.2) is 8.42 Å². The normalized spacial score (nSPS) is 17.3. The highest BCUT2D eigenvalue weighted by Gasteiger charge is 2.29. The fourth-order valence-electron chi connectivity index (χ4n) is 3.48. The highest BCUT2D eigenvalue weighted by molar-refractivity contribution is 7.90. The molecule has 1 saturated heterocycles. The van der Waals surface area contributed by atoms with E-state index < -0.39 is 9.84 Å². The summed E-state index contributed by atoms with van der Waals surface area (Å²) in [6.07, 6.45) is 4.84. The van der Waals surface area contributed by atoms with Gasteiger partial charge in [0.25, 0.3) is 5.88 Å². The first-order valence-electron chi connectivity index (χ1n) is 9.49.